The van der Waals surface area contributed by atoms with Crippen LogP contribution in [-0.4, -0.2) is 38.5 Å². The molecule has 3 N–H and O–H groups in total. The molecule has 1 aromatic rings. The van der Waals surface area contributed by atoms with Crippen molar-refractivity contribution in [3.05, 3.63) is 34.9 Å². The number of benzene rings is 1. The Morgan fingerprint density at radius 2 is 1.62 bits per heavy atom. The molecule has 6 heteroatoms. The second-order valence-corrected chi connectivity index (χ2v) is 5.77. The molecule has 0 spiro atoms. The van der Waals surface area contributed by atoms with E-state index in [1.165, 1.54) is 16.7 Å². The van der Waals surface area contributed by atoms with E-state index in [4.69, 9.17) is 0 Å². The van der Waals surface area contributed by atoms with Gasteiger partial charge in [-0.15, -0.1) is 24.0 Å². The third-order valence-corrected chi connectivity index (χ3v) is 3.43. The fourth-order valence-electron chi connectivity index (χ4n) is 2.41. The van der Waals surface area contributed by atoms with Gasteiger partial charge in [0, 0.05) is 33.1 Å². The summed E-state index contributed by atoms with van der Waals surface area (Å²) in [7, 11) is 1.74. The van der Waals surface area contributed by atoms with Gasteiger partial charge in [-0.05, 0) is 32.3 Å². The molecule has 5 nitrogen and oxygen atoms in total. The lowest BCUT2D eigenvalue weighted by atomic mass is 10.1. The van der Waals surface area contributed by atoms with Crippen molar-refractivity contribution >= 4 is 35.8 Å². The standard InChI is InChI=1S/C18H30N4O.HI/c1-5-8-20-17(23)7-10-22-18(19-4)21-9-6-16-12-14(2)11-15(3)13-16;/h11-13H,5-10H2,1-4H3,(H,20,23)(H2,19,21,22);1H. The van der Waals surface area contributed by atoms with E-state index in [0.29, 0.717) is 13.0 Å². The molecule has 0 unspecified atom stereocenters. The lowest BCUT2D eigenvalue weighted by molar-refractivity contribution is -0.120. The molecule has 0 aliphatic carbocycles. The maximum atomic E-state index is 11.5. The summed E-state index contributed by atoms with van der Waals surface area (Å²) in [4.78, 5) is 15.7. The zero-order valence-electron chi connectivity index (χ0n) is 15.2. The Balaban J connectivity index is 0.00000529. The Bertz CT molecular complexity index is 512. The van der Waals surface area contributed by atoms with Gasteiger partial charge in [-0.1, -0.05) is 36.2 Å². The van der Waals surface area contributed by atoms with Crippen LogP contribution in [0.4, 0.5) is 0 Å². The van der Waals surface area contributed by atoms with Crippen LogP contribution >= 0.6 is 24.0 Å². The monoisotopic (exact) mass is 446 g/mol. The molecule has 0 aliphatic rings. The molecule has 0 fully saturated rings. The second kappa shape index (κ2) is 13.0. The molecule has 1 amide bonds. The molecular weight excluding hydrogens is 415 g/mol. The highest BCUT2D eigenvalue weighted by atomic mass is 127. The van der Waals surface area contributed by atoms with E-state index in [2.05, 4.69) is 53.0 Å². The van der Waals surface area contributed by atoms with Crippen molar-refractivity contribution in [2.75, 3.05) is 26.7 Å². The number of nitrogens with one attached hydrogen (secondary N) is 3. The number of rotatable bonds is 8. The minimum atomic E-state index is 0. The Labute approximate surface area is 163 Å². The second-order valence-electron chi connectivity index (χ2n) is 5.77. The molecular formula is C18H31IN4O. The summed E-state index contributed by atoms with van der Waals surface area (Å²) < 4.78 is 0. The van der Waals surface area contributed by atoms with Gasteiger partial charge in [0.15, 0.2) is 5.96 Å². The number of carbonyl (C=O) groups excluding carboxylic acids is 1. The first kappa shape index (κ1) is 22.7. The molecule has 0 bridgehead atoms. The van der Waals surface area contributed by atoms with E-state index in [1.54, 1.807) is 7.05 Å². The number of hydrogen-bond acceptors (Lipinski definition) is 2. The molecule has 1 aromatic carbocycles. The number of nitrogens with zero attached hydrogens (tertiary/aromatic N) is 1. The van der Waals surface area contributed by atoms with Crippen molar-refractivity contribution in [3.63, 3.8) is 0 Å². The summed E-state index contributed by atoms with van der Waals surface area (Å²) in [6.07, 6.45) is 2.36. The van der Waals surface area contributed by atoms with Crippen LogP contribution in [0.25, 0.3) is 0 Å². The maximum absolute atomic E-state index is 11.5. The maximum Gasteiger partial charge on any atom is 0.221 e. The minimum Gasteiger partial charge on any atom is -0.356 e. The summed E-state index contributed by atoms with van der Waals surface area (Å²) in [5, 5.41) is 9.30. The van der Waals surface area contributed by atoms with Crippen LogP contribution in [0.1, 0.15) is 36.5 Å². The van der Waals surface area contributed by atoms with Crippen LogP contribution in [0.3, 0.4) is 0 Å². The molecule has 0 aliphatic heterocycles. The van der Waals surface area contributed by atoms with E-state index < -0.39 is 0 Å². The quantitative estimate of drug-likeness (QED) is 0.327. The van der Waals surface area contributed by atoms with Crippen molar-refractivity contribution in [1.29, 1.82) is 0 Å². The molecule has 0 saturated carbocycles. The summed E-state index contributed by atoms with van der Waals surface area (Å²) in [6, 6.07) is 6.60. The van der Waals surface area contributed by atoms with Crippen molar-refractivity contribution in [2.24, 2.45) is 4.99 Å². The van der Waals surface area contributed by atoms with E-state index in [-0.39, 0.29) is 29.9 Å². The molecule has 1 rings (SSSR count). The van der Waals surface area contributed by atoms with Crippen molar-refractivity contribution in [1.82, 2.24) is 16.0 Å². The molecule has 0 heterocycles. The van der Waals surface area contributed by atoms with Gasteiger partial charge in [0.05, 0.1) is 0 Å². The van der Waals surface area contributed by atoms with E-state index >= 15 is 0 Å². The average molecular weight is 446 g/mol. The summed E-state index contributed by atoms with van der Waals surface area (Å²) in [6.45, 7) is 8.41. The third-order valence-electron chi connectivity index (χ3n) is 3.43. The number of hydrogen-bond donors (Lipinski definition) is 3. The first-order valence-corrected chi connectivity index (χ1v) is 8.33. The average Bonchev–Trinajstić information content (AvgIpc) is 2.50. The molecule has 24 heavy (non-hydrogen) atoms. The number of halogens is 1. The Morgan fingerprint density at radius 3 is 2.21 bits per heavy atom. The molecule has 0 atom stereocenters. The zero-order chi connectivity index (χ0) is 17.1. The topological polar surface area (TPSA) is 65.5 Å². The summed E-state index contributed by atoms with van der Waals surface area (Å²) in [5.41, 5.74) is 3.91. The zero-order valence-corrected chi connectivity index (χ0v) is 17.6. The van der Waals surface area contributed by atoms with E-state index in [0.717, 1.165) is 31.9 Å². The van der Waals surface area contributed by atoms with Crippen LogP contribution in [0.2, 0.25) is 0 Å². The molecule has 136 valence electrons. The smallest absolute Gasteiger partial charge is 0.221 e. The lowest BCUT2D eigenvalue weighted by Gasteiger charge is -2.12. The number of amides is 1. The lowest BCUT2D eigenvalue weighted by Crippen LogP contribution is -2.40. The van der Waals surface area contributed by atoms with Gasteiger partial charge >= 0.3 is 0 Å². The van der Waals surface area contributed by atoms with Crippen LogP contribution < -0.4 is 16.0 Å². The molecule has 0 aromatic heterocycles. The number of guanidine groups is 1. The number of aryl methyl sites for hydroxylation is 2. The first-order chi connectivity index (χ1) is 11.0. The predicted molar refractivity (Wildman–Crippen MR) is 112 cm³/mol. The minimum absolute atomic E-state index is 0. The molecule has 0 saturated heterocycles. The summed E-state index contributed by atoms with van der Waals surface area (Å²) in [5.74, 6) is 0.808. The first-order valence-electron chi connectivity index (χ1n) is 8.33. The number of aliphatic imine (C=N–C) groups is 1. The number of carbonyl (C=O) groups is 1. The highest BCUT2D eigenvalue weighted by molar-refractivity contribution is 14.0. The SMILES string of the molecule is CCCNC(=O)CCNC(=NC)NCCc1cc(C)cc(C)c1.I. The van der Waals surface area contributed by atoms with Gasteiger partial charge in [0.25, 0.3) is 0 Å². The fraction of sp³-hybridized carbons (Fsp3) is 0.556. The highest BCUT2D eigenvalue weighted by Gasteiger charge is 2.02. The van der Waals surface area contributed by atoms with E-state index in [1.807, 2.05) is 6.92 Å². The van der Waals surface area contributed by atoms with Gasteiger partial charge in [-0.2, -0.15) is 0 Å². The van der Waals surface area contributed by atoms with Crippen LogP contribution in [0, 0.1) is 13.8 Å². The van der Waals surface area contributed by atoms with Crippen molar-refractivity contribution < 1.29 is 4.79 Å². The Morgan fingerprint density at radius 1 is 1.00 bits per heavy atom. The molecule has 0 radical (unpaired) electrons. The van der Waals surface area contributed by atoms with E-state index in [9.17, 15) is 4.79 Å². The van der Waals surface area contributed by atoms with Gasteiger partial charge in [-0.3, -0.25) is 9.79 Å². The highest BCUT2D eigenvalue weighted by Crippen LogP contribution is 2.08. The van der Waals surface area contributed by atoms with Crippen molar-refractivity contribution in [3.8, 4) is 0 Å². The van der Waals surface area contributed by atoms with Crippen LogP contribution in [-0.2, 0) is 11.2 Å². The van der Waals surface area contributed by atoms with Gasteiger partial charge < -0.3 is 16.0 Å². The van der Waals surface area contributed by atoms with Crippen LogP contribution in [0.15, 0.2) is 23.2 Å². The van der Waals surface area contributed by atoms with Gasteiger partial charge in [-0.25, -0.2) is 0 Å². The van der Waals surface area contributed by atoms with Gasteiger partial charge in [0.2, 0.25) is 5.91 Å². The van der Waals surface area contributed by atoms with Crippen molar-refractivity contribution in [2.45, 2.75) is 40.0 Å². The largest absolute Gasteiger partial charge is 0.356 e. The van der Waals surface area contributed by atoms with Crippen LogP contribution in [0.5, 0.6) is 0 Å². The third kappa shape index (κ3) is 9.75. The fourth-order valence-corrected chi connectivity index (χ4v) is 2.41. The summed E-state index contributed by atoms with van der Waals surface area (Å²) >= 11 is 0. The Kier molecular flexibility index (Phi) is 12.3. The van der Waals surface area contributed by atoms with Gasteiger partial charge in [0.1, 0.15) is 0 Å². The normalized spacial score (nSPS) is 10.8. The Hall–Kier alpha value is -1.31. The predicted octanol–water partition coefficient (Wildman–Crippen LogP) is 2.55.